The van der Waals surface area contributed by atoms with Gasteiger partial charge in [-0.1, -0.05) is 37.1 Å². The number of rotatable bonds is 10. The Hall–Kier alpha value is -4.42. The number of nitro benzene ring substituents is 1. The summed E-state index contributed by atoms with van der Waals surface area (Å²) in [5.74, 6) is -1.39. The fourth-order valence-corrected chi connectivity index (χ4v) is 4.63. The van der Waals surface area contributed by atoms with Crippen LogP contribution in [0, 0.1) is 10.1 Å². The van der Waals surface area contributed by atoms with Gasteiger partial charge in [-0.3, -0.25) is 29.4 Å². The number of hydrogen-bond acceptors (Lipinski definition) is 9. The van der Waals surface area contributed by atoms with Gasteiger partial charge in [-0.15, -0.1) is 0 Å². The van der Waals surface area contributed by atoms with Crippen molar-refractivity contribution in [1.29, 1.82) is 0 Å². The number of benzene rings is 2. The molecule has 0 atom stereocenters. The summed E-state index contributed by atoms with van der Waals surface area (Å²) in [5.41, 5.74) is 0.686. The molecular weight excluding hydrogens is 562 g/mol. The van der Waals surface area contributed by atoms with Gasteiger partial charge in [-0.05, 0) is 48.5 Å². The van der Waals surface area contributed by atoms with Crippen LogP contribution in [0.25, 0.3) is 17.4 Å². The molecule has 3 aromatic rings. The van der Waals surface area contributed by atoms with Crippen LogP contribution in [0.5, 0.6) is 0 Å². The number of furan rings is 1. The smallest absolute Gasteiger partial charge is 0.339 e. The number of ether oxygens (including phenoxy) is 1. The third-order valence-electron chi connectivity index (χ3n) is 5.62. The van der Waals surface area contributed by atoms with Crippen LogP contribution >= 0.6 is 23.4 Å². The molecule has 0 saturated carbocycles. The van der Waals surface area contributed by atoms with Gasteiger partial charge >= 0.3 is 5.97 Å². The molecule has 206 valence electrons. The van der Waals surface area contributed by atoms with E-state index in [0.29, 0.717) is 29.5 Å². The molecule has 1 N–H and O–H groups in total. The van der Waals surface area contributed by atoms with Gasteiger partial charge < -0.3 is 14.5 Å². The average Bonchev–Trinajstić information content (AvgIpc) is 3.50. The summed E-state index contributed by atoms with van der Waals surface area (Å²) >= 11 is 6.74. The molecule has 0 spiro atoms. The number of anilines is 1. The Bertz CT molecular complexity index is 1530. The number of unbranched alkanes of at least 4 members (excludes halogenated alkanes) is 1. The normalized spacial score (nSPS) is 14.1. The number of thioether (sulfide) groups is 1. The summed E-state index contributed by atoms with van der Waals surface area (Å²) in [6.45, 7) is 1.64. The monoisotopic (exact) mass is 583 g/mol. The second kappa shape index (κ2) is 12.6. The van der Waals surface area contributed by atoms with Gasteiger partial charge in [0.15, 0.2) is 0 Å². The summed E-state index contributed by atoms with van der Waals surface area (Å²) in [6.07, 6.45) is 2.91. The number of carbonyl (C=O) groups is 4. The number of esters is 1. The molecule has 3 amide bonds. The number of imide groups is 1. The summed E-state index contributed by atoms with van der Waals surface area (Å²) in [5, 5.41) is 13.1. The molecule has 1 fully saturated rings. The van der Waals surface area contributed by atoms with E-state index in [9.17, 15) is 29.3 Å². The van der Waals surface area contributed by atoms with Crippen molar-refractivity contribution in [3.63, 3.8) is 0 Å². The average molecular weight is 584 g/mol. The molecule has 2 aromatic carbocycles. The Labute approximate surface area is 237 Å². The van der Waals surface area contributed by atoms with Crippen molar-refractivity contribution in [2.45, 2.75) is 19.8 Å². The molecule has 0 unspecified atom stereocenters. The van der Waals surface area contributed by atoms with Gasteiger partial charge in [0, 0.05) is 29.5 Å². The largest absolute Gasteiger partial charge is 0.462 e. The van der Waals surface area contributed by atoms with Gasteiger partial charge in [-0.25, -0.2) is 4.79 Å². The van der Waals surface area contributed by atoms with Crippen molar-refractivity contribution in [2.24, 2.45) is 0 Å². The first-order valence-electron chi connectivity index (χ1n) is 12.0. The summed E-state index contributed by atoms with van der Waals surface area (Å²) < 4.78 is 10.9. The zero-order chi connectivity index (χ0) is 28.8. The molecule has 0 radical (unpaired) electrons. The highest BCUT2D eigenvalue weighted by Crippen LogP contribution is 2.34. The molecular formula is C27H22ClN3O8S. The molecule has 2 heterocycles. The minimum atomic E-state index is -0.685. The first kappa shape index (κ1) is 28.6. The number of non-ortho nitro benzene ring substituents is 1. The first-order chi connectivity index (χ1) is 19.2. The Morgan fingerprint density at radius 2 is 1.98 bits per heavy atom. The van der Waals surface area contributed by atoms with Crippen LogP contribution < -0.4 is 5.32 Å². The van der Waals surface area contributed by atoms with Gasteiger partial charge in [0.05, 0.1) is 27.0 Å². The molecule has 0 bridgehead atoms. The van der Waals surface area contributed by atoms with Crippen molar-refractivity contribution in [2.75, 3.05) is 18.5 Å². The SMILES string of the molecule is CCCCOC(=O)c1cc(NC(=O)CN2C(=O)S/C(=C/c3ccc(-c4cccc([N+](=O)[O-])c4)o3)C2=O)ccc1Cl. The van der Waals surface area contributed by atoms with Crippen LogP contribution in [0.4, 0.5) is 16.2 Å². The van der Waals surface area contributed by atoms with Gasteiger partial charge in [0.1, 0.15) is 18.1 Å². The van der Waals surface area contributed by atoms with E-state index in [1.165, 1.54) is 42.5 Å². The maximum absolute atomic E-state index is 12.9. The molecule has 4 rings (SSSR count). The Kier molecular flexibility index (Phi) is 9.02. The standard InChI is InChI=1S/C27H22ClN3O8S/c1-2-3-11-38-26(34)20-13-17(7-9-21(20)28)29-24(32)15-30-25(33)23(40-27(30)35)14-19-8-10-22(39-19)16-5-4-6-18(12-16)31(36)37/h4-10,12-14H,2-3,11,15H2,1H3,(H,29,32)/b23-14+. The van der Waals surface area contributed by atoms with Crippen LogP contribution in [0.2, 0.25) is 5.02 Å². The van der Waals surface area contributed by atoms with E-state index in [1.54, 1.807) is 18.2 Å². The van der Waals surface area contributed by atoms with E-state index in [-0.39, 0.29) is 39.2 Å². The summed E-state index contributed by atoms with van der Waals surface area (Å²) in [7, 11) is 0. The number of amides is 3. The number of carbonyl (C=O) groups excluding carboxylic acids is 4. The fraction of sp³-hybridized carbons (Fsp3) is 0.185. The predicted molar refractivity (Wildman–Crippen MR) is 149 cm³/mol. The second-order valence-corrected chi connectivity index (χ2v) is 9.91. The third kappa shape index (κ3) is 6.77. The van der Waals surface area contributed by atoms with Crippen LogP contribution in [0.1, 0.15) is 35.9 Å². The van der Waals surface area contributed by atoms with E-state index in [2.05, 4.69) is 5.32 Å². The summed E-state index contributed by atoms with van der Waals surface area (Å²) in [4.78, 5) is 61.6. The lowest BCUT2D eigenvalue weighted by Gasteiger charge is -2.13. The van der Waals surface area contributed by atoms with Crippen molar-refractivity contribution in [3.05, 3.63) is 86.0 Å². The molecule has 1 aliphatic heterocycles. The zero-order valence-electron chi connectivity index (χ0n) is 21.0. The minimum Gasteiger partial charge on any atom is -0.462 e. The molecule has 1 aliphatic rings. The van der Waals surface area contributed by atoms with E-state index < -0.39 is 34.5 Å². The Morgan fingerprint density at radius 3 is 2.73 bits per heavy atom. The van der Waals surface area contributed by atoms with Gasteiger partial charge in [0.2, 0.25) is 5.91 Å². The number of nitrogens with zero attached hydrogens (tertiary/aromatic N) is 2. The lowest BCUT2D eigenvalue weighted by molar-refractivity contribution is -0.384. The van der Waals surface area contributed by atoms with E-state index in [4.69, 9.17) is 20.8 Å². The number of halogens is 1. The second-order valence-electron chi connectivity index (χ2n) is 8.51. The predicted octanol–water partition coefficient (Wildman–Crippen LogP) is 6.14. The Morgan fingerprint density at radius 1 is 1.18 bits per heavy atom. The fourth-order valence-electron chi connectivity index (χ4n) is 3.61. The van der Waals surface area contributed by atoms with E-state index in [1.807, 2.05) is 6.92 Å². The maximum Gasteiger partial charge on any atom is 0.339 e. The lowest BCUT2D eigenvalue weighted by atomic mass is 10.1. The van der Waals surface area contributed by atoms with E-state index in [0.717, 1.165) is 11.3 Å². The third-order valence-corrected chi connectivity index (χ3v) is 6.85. The molecule has 13 heteroatoms. The molecule has 1 saturated heterocycles. The topological polar surface area (TPSA) is 149 Å². The van der Waals surface area contributed by atoms with Gasteiger partial charge in [-0.2, -0.15) is 0 Å². The highest BCUT2D eigenvalue weighted by Gasteiger charge is 2.36. The molecule has 40 heavy (non-hydrogen) atoms. The van der Waals surface area contributed by atoms with Crippen molar-refractivity contribution in [1.82, 2.24) is 4.90 Å². The number of nitrogens with one attached hydrogen (secondary N) is 1. The van der Waals surface area contributed by atoms with Crippen LogP contribution in [0.15, 0.2) is 63.9 Å². The van der Waals surface area contributed by atoms with Gasteiger partial charge in [0.25, 0.3) is 16.8 Å². The van der Waals surface area contributed by atoms with Crippen LogP contribution in [0.3, 0.4) is 0 Å². The number of nitro groups is 1. The maximum atomic E-state index is 12.9. The number of hydrogen-bond donors (Lipinski definition) is 1. The summed E-state index contributed by atoms with van der Waals surface area (Å²) in [6, 6.07) is 13.3. The van der Waals surface area contributed by atoms with Crippen molar-refractivity contribution >= 4 is 63.8 Å². The molecule has 1 aromatic heterocycles. The van der Waals surface area contributed by atoms with Crippen molar-refractivity contribution in [3.8, 4) is 11.3 Å². The van der Waals surface area contributed by atoms with E-state index >= 15 is 0 Å². The minimum absolute atomic E-state index is 0.0429. The lowest BCUT2D eigenvalue weighted by Crippen LogP contribution is -2.36. The highest BCUT2D eigenvalue weighted by atomic mass is 35.5. The zero-order valence-corrected chi connectivity index (χ0v) is 22.6. The van der Waals surface area contributed by atoms with Crippen LogP contribution in [-0.2, 0) is 14.3 Å². The van der Waals surface area contributed by atoms with Crippen LogP contribution in [-0.4, -0.2) is 46.0 Å². The molecule has 11 nitrogen and oxygen atoms in total. The van der Waals surface area contributed by atoms with Crippen molar-refractivity contribution < 1.29 is 33.3 Å². The molecule has 0 aliphatic carbocycles. The quantitative estimate of drug-likeness (QED) is 0.0975. The highest BCUT2D eigenvalue weighted by molar-refractivity contribution is 8.18. The Balaban J connectivity index is 1.41. The first-order valence-corrected chi connectivity index (χ1v) is 13.2.